The Bertz CT molecular complexity index is 1050. The summed E-state index contributed by atoms with van der Waals surface area (Å²) in [6.07, 6.45) is -1.62. The molecule has 0 aliphatic carbocycles. The van der Waals surface area contributed by atoms with Crippen LogP contribution >= 0.6 is 0 Å². The van der Waals surface area contributed by atoms with Crippen molar-refractivity contribution in [1.29, 1.82) is 5.26 Å². The number of carbonyl (C=O) groups is 1. The van der Waals surface area contributed by atoms with Gasteiger partial charge in [-0.25, -0.2) is 9.50 Å². The molecule has 4 heterocycles. The molecule has 13 nitrogen and oxygen atoms in total. The number of carbonyl (C=O) groups excluding carboxylic acids is 1. The normalized spacial score (nSPS) is 28.6. The number of aliphatic hydroxyl groups is 2. The largest absolute Gasteiger partial charge is 0.461 e. The van der Waals surface area contributed by atoms with Gasteiger partial charge in [0, 0.05) is 12.8 Å². The van der Waals surface area contributed by atoms with Crippen LogP contribution < -0.4 is 11.1 Å². The number of anilines is 1. The van der Waals surface area contributed by atoms with Gasteiger partial charge in [0.05, 0.1) is 32.2 Å². The van der Waals surface area contributed by atoms with Crippen LogP contribution in [0.5, 0.6) is 0 Å². The van der Waals surface area contributed by atoms with Crippen LogP contribution in [0.2, 0.25) is 0 Å². The molecule has 4 rings (SSSR count). The maximum absolute atomic E-state index is 12.2. The van der Waals surface area contributed by atoms with E-state index in [2.05, 4.69) is 15.4 Å². The van der Waals surface area contributed by atoms with Gasteiger partial charge in [-0.2, -0.15) is 10.4 Å². The Balaban J connectivity index is 1.34. The monoisotopic (exact) mass is 476 g/mol. The molecule has 0 radical (unpaired) electrons. The topological polar surface area (TPSA) is 186 Å². The third-order valence-electron chi connectivity index (χ3n) is 6.05. The van der Waals surface area contributed by atoms with Crippen LogP contribution in [0.25, 0.3) is 5.52 Å². The second-order valence-electron chi connectivity index (χ2n) is 8.34. The number of aromatic nitrogens is 3. The zero-order valence-corrected chi connectivity index (χ0v) is 18.7. The fourth-order valence-electron chi connectivity index (χ4n) is 4.01. The number of ether oxygens (including phenoxy) is 4. The van der Waals surface area contributed by atoms with Gasteiger partial charge >= 0.3 is 5.97 Å². The van der Waals surface area contributed by atoms with Crippen molar-refractivity contribution >= 4 is 17.3 Å². The molecule has 0 amide bonds. The Morgan fingerprint density at radius 2 is 2.21 bits per heavy atom. The molecule has 2 saturated heterocycles. The third-order valence-corrected chi connectivity index (χ3v) is 6.05. The van der Waals surface area contributed by atoms with Gasteiger partial charge in [0.15, 0.2) is 5.82 Å². The van der Waals surface area contributed by atoms with Gasteiger partial charge in [0.25, 0.3) is 0 Å². The van der Waals surface area contributed by atoms with Crippen molar-refractivity contribution in [3.63, 3.8) is 0 Å². The molecular formula is C21H28N6O7. The fourth-order valence-corrected chi connectivity index (χ4v) is 4.01. The summed E-state index contributed by atoms with van der Waals surface area (Å²) in [5.74, 6) is -0.181. The molecule has 0 unspecified atom stereocenters. The summed E-state index contributed by atoms with van der Waals surface area (Å²) in [6, 6.07) is 4.55. The van der Waals surface area contributed by atoms with Crippen molar-refractivity contribution in [2.24, 2.45) is 0 Å². The lowest BCUT2D eigenvalue weighted by atomic mass is 9.96. The quantitative estimate of drug-likeness (QED) is 0.208. The van der Waals surface area contributed by atoms with E-state index in [9.17, 15) is 20.3 Å². The molecule has 2 aliphatic rings. The van der Waals surface area contributed by atoms with E-state index in [0.717, 1.165) is 0 Å². The number of esters is 1. The first-order valence-electron chi connectivity index (χ1n) is 11.0. The average Bonchev–Trinajstić information content (AvgIpc) is 3.38. The molecule has 0 spiro atoms. The maximum atomic E-state index is 12.2. The Morgan fingerprint density at radius 1 is 1.44 bits per heavy atom. The van der Waals surface area contributed by atoms with Gasteiger partial charge in [-0.1, -0.05) is 0 Å². The van der Waals surface area contributed by atoms with Gasteiger partial charge in [-0.3, -0.25) is 10.1 Å². The molecule has 2 aromatic rings. The predicted octanol–water partition coefficient (Wildman–Crippen LogP) is -0.959. The molecule has 5 N–H and O–H groups in total. The van der Waals surface area contributed by atoms with Crippen molar-refractivity contribution < 1.29 is 34.0 Å². The lowest BCUT2D eigenvalue weighted by molar-refractivity contribution is -0.156. The van der Waals surface area contributed by atoms with Gasteiger partial charge in [-0.15, -0.1) is 0 Å². The molecule has 2 fully saturated rings. The maximum Gasteiger partial charge on any atom is 0.323 e. The lowest BCUT2D eigenvalue weighted by Crippen LogP contribution is -2.47. The highest BCUT2D eigenvalue weighted by Crippen LogP contribution is 2.40. The van der Waals surface area contributed by atoms with Crippen molar-refractivity contribution in [2.45, 2.75) is 55.8 Å². The Morgan fingerprint density at radius 3 is 2.94 bits per heavy atom. The van der Waals surface area contributed by atoms with E-state index >= 15 is 0 Å². The summed E-state index contributed by atoms with van der Waals surface area (Å²) in [5, 5.41) is 38.0. The van der Waals surface area contributed by atoms with Crippen molar-refractivity contribution in [3.8, 4) is 6.07 Å². The number of hydrogen-bond donors (Lipinski definition) is 4. The molecule has 5 atom stereocenters. The molecule has 0 saturated carbocycles. The van der Waals surface area contributed by atoms with Gasteiger partial charge in [0.1, 0.15) is 48.4 Å². The highest BCUT2D eigenvalue weighted by molar-refractivity contribution is 5.75. The highest BCUT2D eigenvalue weighted by Gasteiger charge is 2.56. The van der Waals surface area contributed by atoms with Gasteiger partial charge < -0.3 is 34.9 Å². The summed E-state index contributed by atoms with van der Waals surface area (Å²) in [5.41, 5.74) is 4.91. The van der Waals surface area contributed by atoms with Gasteiger partial charge in [0.2, 0.25) is 5.60 Å². The van der Waals surface area contributed by atoms with Crippen LogP contribution in [0.1, 0.15) is 31.6 Å². The number of nitrogens with one attached hydrogen (secondary N) is 1. The van der Waals surface area contributed by atoms with Crippen molar-refractivity contribution in [3.05, 3.63) is 24.2 Å². The number of nitrogens with two attached hydrogens (primary N) is 1. The van der Waals surface area contributed by atoms with E-state index in [1.54, 1.807) is 19.1 Å². The second kappa shape index (κ2) is 10.2. The fraction of sp³-hybridized carbons (Fsp3) is 0.619. The van der Waals surface area contributed by atoms with E-state index in [1.807, 2.05) is 6.07 Å². The molecule has 2 aliphatic heterocycles. The molecule has 0 aromatic carbocycles. The van der Waals surface area contributed by atoms with Crippen LogP contribution in [0.3, 0.4) is 0 Å². The Labute approximate surface area is 195 Å². The molecule has 0 bridgehead atoms. The lowest BCUT2D eigenvalue weighted by Gasteiger charge is -2.25. The summed E-state index contributed by atoms with van der Waals surface area (Å²) in [4.78, 5) is 16.1. The molecular weight excluding hydrogens is 448 g/mol. The van der Waals surface area contributed by atoms with Crippen molar-refractivity contribution in [2.75, 3.05) is 32.3 Å². The average molecular weight is 476 g/mol. The minimum absolute atomic E-state index is 0.109. The van der Waals surface area contributed by atoms with Crippen LogP contribution in [-0.2, 0) is 23.7 Å². The van der Waals surface area contributed by atoms with E-state index in [1.165, 1.54) is 10.8 Å². The van der Waals surface area contributed by atoms with E-state index in [4.69, 9.17) is 24.7 Å². The number of aliphatic hydroxyl groups excluding tert-OH is 2. The Hall–Kier alpha value is -2.86. The van der Waals surface area contributed by atoms with Gasteiger partial charge in [-0.05, 0) is 19.1 Å². The zero-order chi connectivity index (χ0) is 24.3. The summed E-state index contributed by atoms with van der Waals surface area (Å²) in [7, 11) is 0. The van der Waals surface area contributed by atoms with E-state index in [-0.39, 0.29) is 25.3 Å². The van der Waals surface area contributed by atoms with Crippen LogP contribution in [0, 0.1) is 11.3 Å². The summed E-state index contributed by atoms with van der Waals surface area (Å²) >= 11 is 0. The first-order valence-corrected chi connectivity index (χ1v) is 11.0. The number of hydrogen-bond acceptors (Lipinski definition) is 12. The third kappa shape index (κ3) is 4.69. The van der Waals surface area contributed by atoms with E-state index < -0.39 is 35.9 Å². The molecule has 184 valence electrons. The van der Waals surface area contributed by atoms with Crippen LogP contribution in [0.15, 0.2) is 18.5 Å². The van der Waals surface area contributed by atoms with Crippen molar-refractivity contribution in [1.82, 2.24) is 19.9 Å². The first kappa shape index (κ1) is 24.3. The van der Waals surface area contributed by atoms with Crippen LogP contribution in [0.4, 0.5) is 5.82 Å². The number of rotatable bonds is 8. The minimum atomic E-state index is -1.83. The second-order valence-corrected chi connectivity index (χ2v) is 8.34. The smallest absolute Gasteiger partial charge is 0.323 e. The molecule has 2 aromatic heterocycles. The first-order chi connectivity index (χ1) is 16.4. The standard InChI is InChI=1S/C21H28N6O7/c1-12(20(30)33-13-4-6-31-7-5-13)25-11-32-9-21(8-22)18(29)16(28)17(34-21)14-2-3-15-19(23)24-10-26-27(14)15/h2-3,10,12-13,16-18,25,28-29H,4-7,9,11H2,1H3,(H2,23,24,26)/t12-,16-,17-,18-,21+/m0/s1. The predicted molar refractivity (Wildman–Crippen MR) is 115 cm³/mol. The molecule has 13 heteroatoms. The highest BCUT2D eigenvalue weighted by atomic mass is 16.6. The Kier molecular flexibility index (Phi) is 7.27. The number of nitrogens with zero attached hydrogens (tertiary/aromatic N) is 4. The minimum Gasteiger partial charge on any atom is -0.461 e. The summed E-state index contributed by atoms with van der Waals surface area (Å²) < 4.78 is 23.5. The summed E-state index contributed by atoms with van der Waals surface area (Å²) in [6.45, 7) is 2.30. The SMILES string of the molecule is C[C@H](NCOC[C@@]1(C#N)O[C@@H](c2ccc3c(N)ncnn23)[C@H](O)[C@@H]1O)C(=O)OC1CCOCC1. The van der Waals surface area contributed by atoms with Crippen LogP contribution in [-0.4, -0.2) is 87.3 Å². The molecule has 34 heavy (non-hydrogen) atoms. The zero-order valence-electron chi connectivity index (χ0n) is 18.7. The number of nitrogen functional groups attached to an aromatic ring is 1. The number of nitriles is 1. The van der Waals surface area contributed by atoms with E-state index in [0.29, 0.717) is 37.3 Å². The number of fused-ring (bicyclic) bond motifs is 1.